The molecule has 0 unspecified atom stereocenters. The molecule has 142 valence electrons. The van der Waals surface area contributed by atoms with Crippen molar-refractivity contribution in [3.63, 3.8) is 0 Å². The number of benzene rings is 1. The van der Waals surface area contributed by atoms with Crippen LogP contribution in [0.3, 0.4) is 0 Å². The zero-order chi connectivity index (χ0) is 19.2. The Morgan fingerprint density at radius 2 is 2.04 bits per heavy atom. The Hall–Kier alpha value is -2.24. The number of H-pyrrole nitrogens is 1. The number of aromatic nitrogens is 4. The predicted octanol–water partition coefficient (Wildman–Crippen LogP) is -0.615. The van der Waals surface area contributed by atoms with Gasteiger partial charge in [0.25, 0.3) is 5.56 Å². The van der Waals surface area contributed by atoms with Crippen molar-refractivity contribution in [3.05, 3.63) is 58.9 Å². The summed E-state index contributed by atoms with van der Waals surface area (Å²) in [5, 5.41) is 30.0. The molecule has 1 aliphatic rings. The van der Waals surface area contributed by atoms with Gasteiger partial charge in [-0.25, -0.2) is 9.97 Å². The SMILES string of the molecule is O=c1[nH]cnc2c1ncn2[C@]1(S)O[C@H](CO)[C@@H](O)[C@]1(O)Cc1ccccc1. The standard InChI is InChI=1S/C17H18N4O5S/c22-7-11-13(23)16(25,6-10-4-2-1-3-5-10)17(27,26-11)21-9-20-12-14(21)18-8-19-15(12)24/h1-5,8-9,11,13,22-23,25,27H,6-7H2,(H,18,19,24)/t11-,13-,16-,17+/m1/s1. The molecule has 0 radical (unpaired) electrons. The maximum Gasteiger partial charge on any atom is 0.278 e. The highest BCUT2D eigenvalue weighted by atomic mass is 32.1. The minimum absolute atomic E-state index is 0.0160. The van der Waals surface area contributed by atoms with Gasteiger partial charge in [0.1, 0.15) is 18.5 Å². The van der Waals surface area contributed by atoms with E-state index in [0.29, 0.717) is 0 Å². The van der Waals surface area contributed by atoms with Gasteiger partial charge in [-0.1, -0.05) is 30.3 Å². The number of ether oxygens (including phenoxy) is 1. The third-order valence-electron chi connectivity index (χ3n) is 4.88. The van der Waals surface area contributed by atoms with Gasteiger partial charge < -0.3 is 25.0 Å². The van der Waals surface area contributed by atoms with Crippen molar-refractivity contribution >= 4 is 23.8 Å². The second-order valence-corrected chi connectivity index (χ2v) is 7.10. The second kappa shape index (κ2) is 6.43. The summed E-state index contributed by atoms with van der Waals surface area (Å²) < 4.78 is 7.07. The van der Waals surface area contributed by atoms with Crippen LogP contribution in [-0.4, -0.2) is 59.3 Å². The van der Waals surface area contributed by atoms with E-state index >= 15 is 0 Å². The molecule has 0 bridgehead atoms. The number of rotatable bonds is 4. The Labute approximate surface area is 158 Å². The van der Waals surface area contributed by atoms with Crippen LogP contribution in [-0.2, 0) is 16.2 Å². The minimum atomic E-state index is -1.94. The fourth-order valence-electron chi connectivity index (χ4n) is 3.47. The van der Waals surface area contributed by atoms with Crippen LogP contribution in [0.5, 0.6) is 0 Å². The van der Waals surface area contributed by atoms with E-state index in [0.717, 1.165) is 5.56 Å². The van der Waals surface area contributed by atoms with Gasteiger partial charge in [0.05, 0.1) is 12.9 Å². The molecule has 27 heavy (non-hydrogen) atoms. The van der Waals surface area contributed by atoms with Crippen molar-refractivity contribution in [2.75, 3.05) is 6.61 Å². The van der Waals surface area contributed by atoms with Crippen LogP contribution in [0, 0.1) is 0 Å². The van der Waals surface area contributed by atoms with Crippen LogP contribution < -0.4 is 5.56 Å². The largest absolute Gasteiger partial charge is 0.394 e. The summed E-state index contributed by atoms with van der Waals surface area (Å²) in [6.45, 7) is -0.527. The Morgan fingerprint density at radius 1 is 1.30 bits per heavy atom. The van der Waals surface area contributed by atoms with Crippen molar-refractivity contribution in [2.24, 2.45) is 0 Å². The third-order valence-corrected chi connectivity index (χ3v) is 5.59. The molecular formula is C17H18N4O5S. The van der Waals surface area contributed by atoms with Crippen molar-refractivity contribution in [1.82, 2.24) is 19.5 Å². The molecule has 1 aliphatic heterocycles. The highest BCUT2D eigenvalue weighted by Gasteiger charge is 2.65. The first-order valence-electron chi connectivity index (χ1n) is 8.27. The average Bonchev–Trinajstić information content (AvgIpc) is 3.18. The number of imidazole rings is 1. The smallest absolute Gasteiger partial charge is 0.278 e. The van der Waals surface area contributed by atoms with E-state index in [1.807, 2.05) is 6.07 Å². The zero-order valence-corrected chi connectivity index (χ0v) is 15.0. The van der Waals surface area contributed by atoms with Crippen LogP contribution in [0.2, 0.25) is 0 Å². The molecule has 0 spiro atoms. The van der Waals surface area contributed by atoms with Gasteiger partial charge in [0.2, 0.25) is 5.06 Å². The van der Waals surface area contributed by atoms with Crippen molar-refractivity contribution in [3.8, 4) is 0 Å². The average molecular weight is 390 g/mol. The van der Waals surface area contributed by atoms with E-state index < -0.39 is 35.0 Å². The Balaban J connectivity index is 1.89. The van der Waals surface area contributed by atoms with E-state index in [9.17, 15) is 20.1 Å². The number of thiol groups is 1. The Bertz CT molecular complexity index is 1020. The summed E-state index contributed by atoms with van der Waals surface area (Å²) in [6.07, 6.45) is -0.0824. The molecule has 3 heterocycles. The van der Waals surface area contributed by atoms with Gasteiger partial charge in [0, 0.05) is 6.42 Å². The molecule has 1 saturated heterocycles. The molecule has 4 atom stereocenters. The summed E-state index contributed by atoms with van der Waals surface area (Å²) in [7, 11) is 0. The maximum atomic E-state index is 12.0. The summed E-state index contributed by atoms with van der Waals surface area (Å²) in [5.41, 5.74) is -1.50. The molecule has 1 fully saturated rings. The predicted molar refractivity (Wildman–Crippen MR) is 98.2 cm³/mol. The molecule has 2 aromatic heterocycles. The lowest BCUT2D eigenvalue weighted by Crippen LogP contribution is -2.56. The molecule has 3 aromatic rings. The zero-order valence-electron chi connectivity index (χ0n) is 14.1. The van der Waals surface area contributed by atoms with E-state index in [2.05, 4.69) is 27.6 Å². The van der Waals surface area contributed by atoms with Gasteiger partial charge >= 0.3 is 0 Å². The number of hydrogen-bond donors (Lipinski definition) is 5. The highest BCUT2D eigenvalue weighted by molar-refractivity contribution is 7.81. The third kappa shape index (κ3) is 2.60. The molecule has 10 heteroatoms. The highest BCUT2D eigenvalue weighted by Crippen LogP contribution is 2.49. The summed E-state index contributed by atoms with van der Waals surface area (Å²) in [5.74, 6) is 0. The van der Waals surface area contributed by atoms with E-state index in [1.54, 1.807) is 24.3 Å². The molecule has 0 aliphatic carbocycles. The number of aromatic amines is 1. The first-order chi connectivity index (χ1) is 12.9. The van der Waals surface area contributed by atoms with E-state index in [-0.39, 0.29) is 17.6 Å². The van der Waals surface area contributed by atoms with Gasteiger partial charge in [-0.3, -0.25) is 9.36 Å². The van der Waals surface area contributed by atoms with E-state index in [4.69, 9.17) is 4.74 Å². The summed E-state index contributed by atoms with van der Waals surface area (Å²) in [4.78, 5) is 22.5. The van der Waals surface area contributed by atoms with Gasteiger partial charge in [0.15, 0.2) is 16.8 Å². The Morgan fingerprint density at radius 3 is 2.74 bits per heavy atom. The fraction of sp³-hybridized carbons (Fsp3) is 0.353. The summed E-state index contributed by atoms with van der Waals surface area (Å²) >= 11 is 4.56. The van der Waals surface area contributed by atoms with Crippen LogP contribution >= 0.6 is 12.6 Å². The minimum Gasteiger partial charge on any atom is -0.394 e. The first-order valence-corrected chi connectivity index (χ1v) is 8.72. The molecule has 4 N–H and O–H groups in total. The molecule has 9 nitrogen and oxygen atoms in total. The molecular weight excluding hydrogens is 372 g/mol. The van der Waals surface area contributed by atoms with E-state index in [1.165, 1.54) is 17.2 Å². The van der Waals surface area contributed by atoms with Crippen LogP contribution in [0.1, 0.15) is 5.56 Å². The van der Waals surface area contributed by atoms with Crippen molar-refractivity contribution in [2.45, 2.75) is 29.3 Å². The second-order valence-electron chi connectivity index (χ2n) is 6.50. The lowest BCUT2D eigenvalue weighted by atomic mass is 9.86. The van der Waals surface area contributed by atoms with Gasteiger partial charge in [-0.05, 0) is 5.56 Å². The van der Waals surface area contributed by atoms with Crippen LogP contribution in [0.15, 0.2) is 47.8 Å². The van der Waals surface area contributed by atoms with Crippen LogP contribution in [0.4, 0.5) is 0 Å². The number of hydrogen-bond acceptors (Lipinski definition) is 8. The Kier molecular flexibility index (Phi) is 4.32. The van der Waals surface area contributed by atoms with Crippen LogP contribution in [0.25, 0.3) is 11.2 Å². The molecule has 4 rings (SSSR count). The number of nitrogens with zero attached hydrogens (tertiary/aromatic N) is 3. The topological polar surface area (TPSA) is 133 Å². The number of nitrogens with one attached hydrogen (secondary N) is 1. The number of aliphatic hydroxyl groups is 3. The van der Waals surface area contributed by atoms with Gasteiger partial charge in [-0.15, -0.1) is 12.6 Å². The molecule has 0 amide bonds. The fourth-order valence-corrected chi connectivity index (χ4v) is 3.97. The maximum absolute atomic E-state index is 12.0. The molecule has 1 aromatic carbocycles. The monoisotopic (exact) mass is 390 g/mol. The molecule has 0 saturated carbocycles. The summed E-state index contributed by atoms with van der Waals surface area (Å²) in [6, 6.07) is 9.02. The number of aliphatic hydroxyl groups excluding tert-OH is 2. The van der Waals surface area contributed by atoms with Crippen molar-refractivity contribution < 1.29 is 20.1 Å². The lowest BCUT2D eigenvalue weighted by Gasteiger charge is -2.39. The normalized spacial score (nSPS) is 30.8. The number of fused-ring (bicyclic) bond motifs is 1. The first kappa shape index (κ1) is 18.1. The van der Waals surface area contributed by atoms with Gasteiger partial charge in [-0.2, -0.15) is 0 Å². The lowest BCUT2D eigenvalue weighted by molar-refractivity contribution is -0.130. The quantitative estimate of drug-likeness (QED) is 0.375. The van der Waals surface area contributed by atoms with Crippen molar-refractivity contribution in [1.29, 1.82) is 0 Å².